The van der Waals surface area contributed by atoms with Gasteiger partial charge in [-0.15, -0.1) is 24.0 Å². The van der Waals surface area contributed by atoms with E-state index in [0.29, 0.717) is 5.82 Å². The van der Waals surface area contributed by atoms with Gasteiger partial charge in [-0.05, 0) is 12.1 Å². The summed E-state index contributed by atoms with van der Waals surface area (Å²) in [5.74, 6) is -0.101. The first-order valence-corrected chi connectivity index (χ1v) is 5.84. The van der Waals surface area contributed by atoms with Gasteiger partial charge < -0.3 is 10.6 Å². The van der Waals surface area contributed by atoms with Crippen molar-refractivity contribution in [1.29, 1.82) is 0 Å². The SMILES string of the molecule is Cl.O=C(Nc1cccc(Cl)n1)[C@@H]1NC[C@@H](F)C1Cl. The minimum Gasteiger partial charge on any atom is -0.309 e. The van der Waals surface area contributed by atoms with E-state index in [1.807, 2.05) is 0 Å². The second-order valence-corrected chi connectivity index (χ2v) is 4.57. The molecule has 0 bridgehead atoms. The van der Waals surface area contributed by atoms with Crippen molar-refractivity contribution in [2.24, 2.45) is 0 Å². The summed E-state index contributed by atoms with van der Waals surface area (Å²) in [5, 5.41) is 4.64. The molecule has 0 saturated carbocycles. The largest absolute Gasteiger partial charge is 0.309 e. The molecule has 0 radical (unpaired) electrons. The van der Waals surface area contributed by atoms with Gasteiger partial charge in [0.15, 0.2) is 0 Å². The van der Waals surface area contributed by atoms with Gasteiger partial charge in [-0.1, -0.05) is 17.7 Å². The smallest absolute Gasteiger partial charge is 0.244 e. The van der Waals surface area contributed by atoms with Crippen LogP contribution in [0, 0.1) is 0 Å². The zero-order valence-electron chi connectivity index (χ0n) is 9.07. The summed E-state index contributed by atoms with van der Waals surface area (Å²) < 4.78 is 13.1. The monoisotopic (exact) mass is 313 g/mol. The third-order valence-corrected chi connectivity index (χ3v) is 3.18. The van der Waals surface area contributed by atoms with E-state index in [2.05, 4.69) is 15.6 Å². The van der Waals surface area contributed by atoms with E-state index >= 15 is 0 Å². The number of anilines is 1. The van der Waals surface area contributed by atoms with Gasteiger partial charge in [0, 0.05) is 6.54 Å². The molecule has 1 saturated heterocycles. The quantitative estimate of drug-likeness (QED) is 0.648. The molecule has 18 heavy (non-hydrogen) atoms. The Labute approximate surface area is 120 Å². The van der Waals surface area contributed by atoms with E-state index in [1.54, 1.807) is 18.2 Å². The predicted octanol–water partition coefficient (Wildman–Crippen LogP) is 2.01. The number of alkyl halides is 2. The number of rotatable bonds is 2. The van der Waals surface area contributed by atoms with Crippen molar-refractivity contribution in [2.75, 3.05) is 11.9 Å². The van der Waals surface area contributed by atoms with Crippen molar-refractivity contribution < 1.29 is 9.18 Å². The summed E-state index contributed by atoms with van der Waals surface area (Å²) in [7, 11) is 0. The number of amides is 1. The Hall–Kier alpha value is -0.620. The summed E-state index contributed by atoms with van der Waals surface area (Å²) in [5.41, 5.74) is 0. The summed E-state index contributed by atoms with van der Waals surface area (Å²) in [4.78, 5) is 15.7. The van der Waals surface area contributed by atoms with Crippen LogP contribution in [0.3, 0.4) is 0 Å². The van der Waals surface area contributed by atoms with E-state index in [-0.39, 0.29) is 24.1 Å². The predicted molar refractivity (Wildman–Crippen MR) is 71.5 cm³/mol. The molecule has 2 N–H and O–H groups in total. The van der Waals surface area contributed by atoms with Crippen LogP contribution in [0.5, 0.6) is 0 Å². The van der Waals surface area contributed by atoms with Gasteiger partial charge in [-0.25, -0.2) is 9.37 Å². The lowest BCUT2D eigenvalue weighted by atomic mass is 10.2. The van der Waals surface area contributed by atoms with Crippen LogP contribution in [0.4, 0.5) is 10.2 Å². The number of halogens is 4. The lowest BCUT2D eigenvalue weighted by Gasteiger charge is -2.14. The Balaban J connectivity index is 0.00000162. The van der Waals surface area contributed by atoms with Crippen molar-refractivity contribution >= 4 is 47.3 Å². The topological polar surface area (TPSA) is 54.0 Å². The maximum Gasteiger partial charge on any atom is 0.244 e. The number of hydrogen-bond acceptors (Lipinski definition) is 3. The second kappa shape index (κ2) is 6.52. The second-order valence-electron chi connectivity index (χ2n) is 3.68. The van der Waals surface area contributed by atoms with Crippen LogP contribution < -0.4 is 10.6 Å². The highest BCUT2D eigenvalue weighted by Crippen LogP contribution is 2.19. The van der Waals surface area contributed by atoms with Crippen LogP contribution in [0.1, 0.15) is 0 Å². The highest BCUT2D eigenvalue weighted by Gasteiger charge is 2.39. The number of carbonyl (C=O) groups is 1. The molecule has 2 heterocycles. The molecule has 0 spiro atoms. The molecule has 1 fully saturated rings. The van der Waals surface area contributed by atoms with E-state index in [0.717, 1.165) is 0 Å². The van der Waals surface area contributed by atoms with E-state index in [1.165, 1.54) is 0 Å². The summed E-state index contributed by atoms with van der Waals surface area (Å²) in [6.45, 7) is 0.0786. The van der Waals surface area contributed by atoms with Crippen molar-refractivity contribution in [1.82, 2.24) is 10.3 Å². The number of nitrogens with one attached hydrogen (secondary N) is 2. The number of pyridine rings is 1. The molecule has 1 unspecified atom stereocenters. The van der Waals surface area contributed by atoms with Gasteiger partial charge in [0.1, 0.15) is 23.2 Å². The third-order valence-electron chi connectivity index (χ3n) is 2.45. The van der Waals surface area contributed by atoms with Gasteiger partial charge >= 0.3 is 0 Å². The number of aromatic nitrogens is 1. The molecule has 1 aliphatic rings. The van der Waals surface area contributed by atoms with Gasteiger partial charge in [0.25, 0.3) is 0 Å². The first kappa shape index (κ1) is 15.4. The van der Waals surface area contributed by atoms with Crippen molar-refractivity contribution in [3.63, 3.8) is 0 Å². The fraction of sp³-hybridized carbons (Fsp3) is 0.400. The van der Waals surface area contributed by atoms with E-state index in [9.17, 15) is 9.18 Å². The average Bonchev–Trinajstić information content (AvgIpc) is 2.60. The minimum atomic E-state index is -1.22. The Kier molecular flexibility index (Phi) is 5.59. The van der Waals surface area contributed by atoms with Crippen LogP contribution in [0.15, 0.2) is 18.2 Å². The van der Waals surface area contributed by atoms with Crippen molar-refractivity contribution in [3.05, 3.63) is 23.4 Å². The molecule has 1 aromatic rings. The fourth-order valence-electron chi connectivity index (χ4n) is 1.59. The average molecular weight is 315 g/mol. The molecule has 1 amide bonds. The molecule has 100 valence electrons. The van der Waals surface area contributed by atoms with Gasteiger partial charge in [-0.2, -0.15) is 0 Å². The normalized spacial score (nSPS) is 26.5. The molecule has 1 aromatic heterocycles. The summed E-state index contributed by atoms with van der Waals surface area (Å²) in [6.07, 6.45) is -1.22. The highest BCUT2D eigenvalue weighted by atomic mass is 35.5. The number of carbonyl (C=O) groups excluding carboxylic acids is 1. The molecule has 0 aromatic carbocycles. The van der Waals surface area contributed by atoms with Crippen molar-refractivity contribution in [2.45, 2.75) is 17.6 Å². The van der Waals surface area contributed by atoms with Crippen LogP contribution in [-0.2, 0) is 4.79 Å². The summed E-state index contributed by atoms with van der Waals surface area (Å²) >= 11 is 11.5. The van der Waals surface area contributed by atoms with Crippen LogP contribution in [0.25, 0.3) is 0 Å². The zero-order valence-corrected chi connectivity index (χ0v) is 11.4. The lowest BCUT2D eigenvalue weighted by Crippen LogP contribution is -2.41. The molecule has 1 aliphatic heterocycles. The maximum atomic E-state index is 13.1. The lowest BCUT2D eigenvalue weighted by molar-refractivity contribution is -0.117. The molecule has 3 atom stereocenters. The Morgan fingerprint density at radius 2 is 2.28 bits per heavy atom. The molecule has 0 aliphatic carbocycles. The fourth-order valence-corrected chi connectivity index (χ4v) is 2.05. The van der Waals surface area contributed by atoms with Gasteiger partial charge in [0.05, 0.1) is 5.38 Å². The maximum absolute atomic E-state index is 13.1. The minimum absolute atomic E-state index is 0. The Bertz CT molecular complexity index is 435. The number of hydrogen-bond donors (Lipinski definition) is 2. The van der Waals surface area contributed by atoms with E-state index in [4.69, 9.17) is 23.2 Å². The Morgan fingerprint density at radius 3 is 2.83 bits per heavy atom. The molecular weight excluding hydrogens is 303 g/mol. The van der Waals surface area contributed by atoms with Gasteiger partial charge in [-0.3, -0.25) is 4.79 Å². The van der Waals surface area contributed by atoms with Gasteiger partial charge in [0.2, 0.25) is 5.91 Å². The standard InChI is InChI=1S/C10H10Cl2FN3O.ClH/c11-6-2-1-3-7(15-6)16-10(17)9-8(12)5(13)4-14-9;/h1-3,5,8-9,14H,4H2,(H,15,16,17);1H/t5-,8?,9-;/m1./s1. The molecular formula is C10H11Cl3FN3O. The van der Waals surface area contributed by atoms with Crippen LogP contribution in [-0.4, -0.2) is 35.0 Å². The zero-order chi connectivity index (χ0) is 12.4. The first-order chi connectivity index (χ1) is 8.08. The van der Waals surface area contributed by atoms with Crippen LogP contribution >= 0.6 is 35.6 Å². The molecule has 4 nitrogen and oxygen atoms in total. The molecule has 2 rings (SSSR count). The van der Waals surface area contributed by atoms with E-state index < -0.39 is 23.5 Å². The number of nitrogens with zero attached hydrogens (tertiary/aromatic N) is 1. The van der Waals surface area contributed by atoms with Crippen LogP contribution in [0.2, 0.25) is 5.15 Å². The summed E-state index contributed by atoms with van der Waals surface area (Å²) in [6, 6.07) is 4.08. The van der Waals surface area contributed by atoms with Crippen molar-refractivity contribution in [3.8, 4) is 0 Å². The molecule has 8 heteroatoms. The first-order valence-electron chi connectivity index (χ1n) is 5.03. The highest BCUT2D eigenvalue weighted by molar-refractivity contribution is 6.29. The third kappa shape index (κ3) is 3.45. The Morgan fingerprint density at radius 1 is 1.56 bits per heavy atom.